The first-order valence-electron chi connectivity index (χ1n) is 20.3. The topological polar surface area (TPSA) is 119 Å². The Labute approximate surface area is 295 Å². The average molecular weight is 705 g/mol. The molecule has 0 amide bonds. The van der Waals surface area contributed by atoms with Crippen LogP contribution in [0, 0.1) is 0 Å². The number of hydrogen-bond donors (Lipinski definition) is 2. The fourth-order valence-corrected chi connectivity index (χ4v) is 6.44. The van der Waals surface area contributed by atoms with Crippen molar-refractivity contribution < 1.29 is 37.9 Å². The molecule has 0 spiro atoms. The molecule has 0 heterocycles. The molecule has 8 nitrogen and oxygen atoms in total. The Hall–Kier alpha value is -0.950. The van der Waals surface area contributed by atoms with Gasteiger partial charge in [0.25, 0.3) is 0 Å². The maximum atomic E-state index is 12.4. The first kappa shape index (κ1) is 47.0. The van der Waals surface area contributed by atoms with E-state index in [1.54, 1.807) is 0 Å². The molecule has 0 rings (SSSR count). The molecule has 0 aromatic heterocycles. The zero-order valence-corrected chi connectivity index (χ0v) is 32.3. The molecule has 0 fully saturated rings. The molecule has 0 aliphatic heterocycles. The van der Waals surface area contributed by atoms with E-state index in [1.807, 2.05) is 0 Å². The Bertz CT molecular complexity index is 756. The van der Waals surface area contributed by atoms with Crippen molar-refractivity contribution in [3.63, 3.8) is 0 Å². The molecule has 0 aliphatic carbocycles. The van der Waals surface area contributed by atoms with E-state index in [0.29, 0.717) is 6.42 Å². The second kappa shape index (κ2) is 35.9. The van der Waals surface area contributed by atoms with Gasteiger partial charge in [-0.15, -0.1) is 0 Å². The third-order valence-corrected chi connectivity index (χ3v) is 9.61. The largest absolute Gasteiger partial charge is 0.469 e. The highest BCUT2D eigenvalue weighted by molar-refractivity contribution is 7.46. The minimum atomic E-state index is -4.74. The normalized spacial score (nSPS) is 12.3. The van der Waals surface area contributed by atoms with Gasteiger partial charge < -0.3 is 19.3 Å². The Morgan fingerprint density at radius 3 is 1.06 bits per heavy atom. The van der Waals surface area contributed by atoms with Crippen molar-refractivity contribution in [3.8, 4) is 0 Å². The van der Waals surface area contributed by atoms with Gasteiger partial charge in [-0.3, -0.25) is 14.1 Å². The molecule has 0 saturated carbocycles. The van der Waals surface area contributed by atoms with Gasteiger partial charge in [-0.05, 0) is 12.8 Å². The summed E-state index contributed by atoms with van der Waals surface area (Å²) in [6, 6.07) is 0. The quantitative estimate of drug-likeness (QED) is 0.0370. The summed E-state index contributed by atoms with van der Waals surface area (Å²) in [5.74, 6) is -0.876. The summed E-state index contributed by atoms with van der Waals surface area (Å²) in [6.45, 7) is 3.67. The van der Waals surface area contributed by atoms with Crippen LogP contribution < -0.4 is 0 Å². The van der Waals surface area contributed by atoms with Crippen LogP contribution in [0.1, 0.15) is 219 Å². The molecule has 0 aromatic rings. The van der Waals surface area contributed by atoms with Crippen molar-refractivity contribution in [3.05, 3.63) is 0 Å². The second-order valence-corrected chi connectivity index (χ2v) is 15.2. The standard InChI is InChI=1S/C39H77O8P/c1-3-5-7-9-11-13-14-15-16-17-18-19-20-21-22-23-24-25-26-28-30-32-34-39(41)47-37(36-46-48(42,43)44)35-45-38(40)33-31-29-27-12-10-8-6-4-2/h37H,3-36H2,1-2H3,(H2,42,43,44). The van der Waals surface area contributed by atoms with Crippen LogP contribution in [0.15, 0.2) is 0 Å². The van der Waals surface area contributed by atoms with E-state index in [2.05, 4.69) is 18.4 Å². The molecule has 0 bridgehead atoms. The van der Waals surface area contributed by atoms with E-state index in [0.717, 1.165) is 32.1 Å². The van der Waals surface area contributed by atoms with E-state index in [4.69, 9.17) is 19.3 Å². The number of carbonyl (C=O) groups excluding carboxylic acids is 2. The number of ether oxygens (including phenoxy) is 2. The van der Waals surface area contributed by atoms with Gasteiger partial charge in [0, 0.05) is 12.8 Å². The zero-order chi connectivity index (χ0) is 35.4. The highest BCUT2D eigenvalue weighted by Gasteiger charge is 2.22. The van der Waals surface area contributed by atoms with Crippen molar-refractivity contribution >= 4 is 19.8 Å². The van der Waals surface area contributed by atoms with E-state index in [-0.39, 0.29) is 19.4 Å². The lowest BCUT2D eigenvalue weighted by Gasteiger charge is -2.18. The minimum absolute atomic E-state index is 0.220. The van der Waals surface area contributed by atoms with Crippen molar-refractivity contribution in [2.45, 2.75) is 225 Å². The molecule has 0 radical (unpaired) electrons. The van der Waals surface area contributed by atoms with Gasteiger partial charge >= 0.3 is 19.8 Å². The van der Waals surface area contributed by atoms with Crippen molar-refractivity contribution in [2.24, 2.45) is 0 Å². The van der Waals surface area contributed by atoms with Crippen LogP contribution in [0.2, 0.25) is 0 Å². The Morgan fingerprint density at radius 2 is 0.750 bits per heavy atom. The molecule has 1 unspecified atom stereocenters. The molecule has 9 heteroatoms. The molecule has 0 aliphatic rings. The van der Waals surface area contributed by atoms with Crippen LogP contribution in [0.25, 0.3) is 0 Å². The first-order valence-corrected chi connectivity index (χ1v) is 21.9. The number of esters is 2. The SMILES string of the molecule is CCCCCCCCCCCCCCCCCCCCCCCCC(=O)OC(COC(=O)CCCCCCCCCC)COP(=O)(O)O. The third kappa shape index (κ3) is 37.9. The highest BCUT2D eigenvalue weighted by Crippen LogP contribution is 2.36. The lowest BCUT2D eigenvalue weighted by Crippen LogP contribution is -2.29. The summed E-state index contributed by atoms with van der Waals surface area (Å²) in [6.07, 6.45) is 37.1. The van der Waals surface area contributed by atoms with Gasteiger partial charge in [0.15, 0.2) is 6.10 Å². The summed E-state index contributed by atoms with van der Waals surface area (Å²) in [5.41, 5.74) is 0. The predicted octanol–water partition coefficient (Wildman–Crippen LogP) is 12.1. The second-order valence-electron chi connectivity index (χ2n) is 14.0. The number of carbonyl (C=O) groups is 2. The maximum absolute atomic E-state index is 12.4. The zero-order valence-electron chi connectivity index (χ0n) is 31.4. The third-order valence-electron chi connectivity index (χ3n) is 9.13. The fraction of sp³-hybridized carbons (Fsp3) is 0.949. The van der Waals surface area contributed by atoms with Gasteiger partial charge in [-0.2, -0.15) is 0 Å². The van der Waals surface area contributed by atoms with Crippen LogP contribution in [-0.4, -0.2) is 41.0 Å². The maximum Gasteiger partial charge on any atom is 0.469 e. The predicted molar refractivity (Wildman–Crippen MR) is 198 cm³/mol. The van der Waals surface area contributed by atoms with Gasteiger partial charge in [-0.1, -0.05) is 194 Å². The molecule has 48 heavy (non-hydrogen) atoms. The van der Waals surface area contributed by atoms with Gasteiger partial charge in [0.1, 0.15) is 6.61 Å². The van der Waals surface area contributed by atoms with Crippen molar-refractivity contribution in [2.75, 3.05) is 13.2 Å². The summed E-state index contributed by atoms with van der Waals surface area (Å²) in [5, 5.41) is 0. The first-order chi connectivity index (χ1) is 23.3. The fourth-order valence-electron chi connectivity index (χ4n) is 6.08. The minimum Gasteiger partial charge on any atom is -0.462 e. The van der Waals surface area contributed by atoms with Gasteiger partial charge in [-0.25, -0.2) is 4.57 Å². The van der Waals surface area contributed by atoms with Crippen LogP contribution >= 0.6 is 7.82 Å². The number of unbranched alkanes of at least 4 members (excludes halogenated alkanes) is 28. The molecule has 0 saturated heterocycles. The lowest BCUT2D eigenvalue weighted by atomic mass is 10.0. The van der Waals surface area contributed by atoms with Crippen molar-refractivity contribution in [1.29, 1.82) is 0 Å². The Balaban J connectivity index is 3.76. The number of rotatable bonds is 38. The molecule has 0 aromatic carbocycles. The molecule has 1 atom stereocenters. The number of hydrogen-bond acceptors (Lipinski definition) is 6. The summed E-state index contributed by atoms with van der Waals surface area (Å²) in [4.78, 5) is 42.6. The Kier molecular flexibility index (Phi) is 35.2. The monoisotopic (exact) mass is 705 g/mol. The summed E-state index contributed by atoms with van der Waals surface area (Å²) in [7, 11) is -4.74. The Morgan fingerprint density at radius 1 is 0.458 bits per heavy atom. The van der Waals surface area contributed by atoms with Crippen LogP contribution in [0.5, 0.6) is 0 Å². The summed E-state index contributed by atoms with van der Waals surface area (Å²) < 4.78 is 26.3. The summed E-state index contributed by atoms with van der Waals surface area (Å²) >= 11 is 0. The van der Waals surface area contributed by atoms with E-state index in [1.165, 1.54) is 154 Å². The number of phosphoric ester groups is 1. The lowest BCUT2D eigenvalue weighted by molar-refractivity contribution is -0.161. The van der Waals surface area contributed by atoms with E-state index in [9.17, 15) is 14.2 Å². The van der Waals surface area contributed by atoms with Gasteiger partial charge in [0.2, 0.25) is 0 Å². The highest BCUT2D eigenvalue weighted by atomic mass is 31.2. The van der Waals surface area contributed by atoms with Crippen LogP contribution in [-0.2, 0) is 28.2 Å². The molecule has 286 valence electrons. The van der Waals surface area contributed by atoms with E-state index >= 15 is 0 Å². The molecular weight excluding hydrogens is 627 g/mol. The molecule has 2 N–H and O–H groups in total. The number of phosphoric acid groups is 1. The molecular formula is C39H77O8P. The van der Waals surface area contributed by atoms with Crippen LogP contribution in [0.4, 0.5) is 0 Å². The van der Waals surface area contributed by atoms with E-state index < -0.39 is 32.5 Å². The van der Waals surface area contributed by atoms with Gasteiger partial charge in [0.05, 0.1) is 6.61 Å². The smallest absolute Gasteiger partial charge is 0.462 e. The van der Waals surface area contributed by atoms with Crippen LogP contribution in [0.3, 0.4) is 0 Å². The van der Waals surface area contributed by atoms with Crippen molar-refractivity contribution in [1.82, 2.24) is 0 Å². The average Bonchev–Trinajstić information content (AvgIpc) is 3.05.